The molecule has 0 bridgehead atoms. The minimum Gasteiger partial charge on any atom is -0.485 e. The van der Waals surface area contributed by atoms with E-state index in [1.54, 1.807) is 13.0 Å². The summed E-state index contributed by atoms with van der Waals surface area (Å²) in [7, 11) is 0. The standard InChI is InChI=1S/C11H13ClFNO/c1-7(12)6-15-11-4-3-9(8(2)14)5-10(11)13/h3-5,8H,1,6,14H2,2H3/t8-/m1/s1. The summed E-state index contributed by atoms with van der Waals surface area (Å²) >= 11 is 5.50. The van der Waals surface area contributed by atoms with Gasteiger partial charge in [-0.15, -0.1) is 0 Å². The van der Waals surface area contributed by atoms with Crippen LogP contribution in [0.5, 0.6) is 5.75 Å². The summed E-state index contributed by atoms with van der Waals surface area (Å²) in [6.07, 6.45) is 0. The zero-order valence-electron chi connectivity index (χ0n) is 8.47. The molecule has 1 aromatic rings. The summed E-state index contributed by atoms with van der Waals surface area (Å²) in [6.45, 7) is 5.32. The number of nitrogens with two attached hydrogens (primary N) is 1. The SMILES string of the molecule is C=C(Cl)COc1ccc([C@@H](C)N)cc1F. The lowest BCUT2D eigenvalue weighted by molar-refractivity contribution is 0.338. The van der Waals surface area contributed by atoms with Crippen LogP contribution in [0.15, 0.2) is 29.8 Å². The average molecular weight is 230 g/mol. The molecule has 4 heteroatoms. The van der Waals surface area contributed by atoms with Gasteiger partial charge in [-0.05, 0) is 24.6 Å². The summed E-state index contributed by atoms with van der Waals surface area (Å²) in [6, 6.07) is 4.42. The fraction of sp³-hybridized carbons (Fsp3) is 0.273. The summed E-state index contributed by atoms with van der Waals surface area (Å²) in [4.78, 5) is 0. The predicted molar refractivity (Wildman–Crippen MR) is 59.5 cm³/mol. The van der Waals surface area contributed by atoms with Crippen LogP contribution in [0.25, 0.3) is 0 Å². The predicted octanol–water partition coefficient (Wildman–Crippen LogP) is 2.98. The zero-order valence-corrected chi connectivity index (χ0v) is 9.22. The molecule has 0 unspecified atom stereocenters. The Kier molecular flexibility index (Phi) is 4.12. The van der Waals surface area contributed by atoms with Crippen molar-refractivity contribution in [2.75, 3.05) is 6.61 Å². The maximum atomic E-state index is 13.4. The van der Waals surface area contributed by atoms with Gasteiger partial charge in [-0.2, -0.15) is 0 Å². The van der Waals surface area contributed by atoms with E-state index in [0.717, 1.165) is 5.56 Å². The van der Waals surface area contributed by atoms with Gasteiger partial charge in [0.05, 0.1) is 0 Å². The molecule has 1 atom stereocenters. The van der Waals surface area contributed by atoms with Gasteiger partial charge >= 0.3 is 0 Å². The van der Waals surface area contributed by atoms with Crippen LogP contribution in [0.1, 0.15) is 18.5 Å². The first-order chi connectivity index (χ1) is 7.00. The fourth-order valence-corrected chi connectivity index (χ4v) is 1.13. The van der Waals surface area contributed by atoms with Gasteiger partial charge in [-0.3, -0.25) is 0 Å². The molecule has 0 heterocycles. The highest BCUT2D eigenvalue weighted by atomic mass is 35.5. The molecule has 0 aliphatic heterocycles. The Morgan fingerprint density at radius 1 is 1.67 bits per heavy atom. The Morgan fingerprint density at radius 2 is 2.33 bits per heavy atom. The molecule has 2 nitrogen and oxygen atoms in total. The van der Waals surface area contributed by atoms with Gasteiger partial charge in [-0.25, -0.2) is 4.39 Å². The fourth-order valence-electron chi connectivity index (χ4n) is 1.07. The van der Waals surface area contributed by atoms with Gasteiger partial charge in [0.25, 0.3) is 0 Å². The number of hydrogen-bond acceptors (Lipinski definition) is 2. The number of hydrogen-bond donors (Lipinski definition) is 1. The van der Waals surface area contributed by atoms with E-state index in [-0.39, 0.29) is 18.4 Å². The first-order valence-electron chi connectivity index (χ1n) is 4.52. The molecule has 2 N–H and O–H groups in total. The van der Waals surface area contributed by atoms with Gasteiger partial charge in [-0.1, -0.05) is 24.2 Å². The van der Waals surface area contributed by atoms with Gasteiger partial charge in [0.2, 0.25) is 0 Å². The lowest BCUT2D eigenvalue weighted by Gasteiger charge is -2.09. The van der Waals surface area contributed by atoms with Crippen molar-refractivity contribution in [2.24, 2.45) is 5.73 Å². The molecule has 0 aliphatic rings. The highest BCUT2D eigenvalue weighted by Gasteiger charge is 2.07. The molecule has 0 spiro atoms. The van der Waals surface area contributed by atoms with Gasteiger partial charge < -0.3 is 10.5 Å². The second-order valence-electron chi connectivity index (χ2n) is 3.28. The van der Waals surface area contributed by atoms with Gasteiger partial charge in [0.1, 0.15) is 6.61 Å². The molecule has 0 saturated carbocycles. The van der Waals surface area contributed by atoms with E-state index in [2.05, 4.69) is 6.58 Å². The van der Waals surface area contributed by atoms with E-state index >= 15 is 0 Å². The molecule has 0 aromatic heterocycles. The van der Waals surface area contributed by atoms with Crippen LogP contribution in [-0.4, -0.2) is 6.61 Å². The van der Waals surface area contributed by atoms with Gasteiger partial charge in [0, 0.05) is 11.1 Å². The summed E-state index contributed by atoms with van der Waals surface area (Å²) in [5, 5.41) is 0.325. The monoisotopic (exact) mass is 229 g/mol. The van der Waals surface area contributed by atoms with Crippen molar-refractivity contribution in [1.29, 1.82) is 0 Å². The van der Waals surface area contributed by atoms with Crippen LogP contribution in [0.4, 0.5) is 4.39 Å². The van der Waals surface area contributed by atoms with E-state index in [1.165, 1.54) is 12.1 Å². The van der Waals surface area contributed by atoms with Crippen LogP contribution in [-0.2, 0) is 0 Å². The van der Waals surface area contributed by atoms with Crippen LogP contribution in [0.3, 0.4) is 0 Å². The Bertz CT molecular complexity index is 366. The Balaban J connectivity index is 2.79. The van der Waals surface area contributed by atoms with E-state index in [0.29, 0.717) is 5.03 Å². The molecule has 1 aromatic carbocycles. The van der Waals surface area contributed by atoms with Crippen LogP contribution >= 0.6 is 11.6 Å². The lowest BCUT2D eigenvalue weighted by Crippen LogP contribution is -2.06. The molecule has 0 radical (unpaired) electrons. The lowest BCUT2D eigenvalue weighted by atomic mass is 10.1. The third-order valence-electron chi connectivity index (χ3n) is 1.87. The van der Waals surface area contributed by atoms with E-state index in [1.807, 2.05) is 0 Å². The summed E-state index contributed by atoms with van der Waals surface area (Å²) < 4.78 is 18.5. The van der Waals surface area contributed by atoms with E-state index in [9.17, 15) is 4.39 Å². The van der Waals surface area contributed by atoms with E-state index < -0.39 is 5.82 Å². The van der Waals surface area contributed by atoms with Crippen molar-refractivity contribution in [3.05, 3.63) is 41.2 Å². The molecule has 82 valence electrons. The van der Waals surface area contributed by atoms with Crippen LogP contribution in [0.2, 0.25) is 0 Å². The Labute approximate surface area is 93.5 Å². The highest BCUT2D eigenvalue weighted by molar-refractivity contribution is 6.29. The van der Waals surface area contributed by atoms with Crippen molar-refractivity contribution < 1.29 is 9.13 Å². The molecule has 0 aliphatic carbocycles. The normalized spacial score (nSPS) is 12.3. The largest absolute Gasteiger partial charge is 0.485 e. The second kappa shape index (κ2) is 5.14. The van der Waals surface area contributed by atoms with Crippen LogP contribution in [0, 0.1) is 5.82 Å². The molecular weight excluding hydrogens is 217 g/mol. The maximum absolute atomic E-state index is 13.4. The van der Waals surface area contributed by atoms with Crippen molar-refractivity contribution in [1.82, 2.24) is 0 Å². The highest BCUT2D eigenvalue weighted by Crippen LogP contribution is 2.21. The first-order valence-corrected chi connectivity index (χ1v) is 4.89. The first kappa shape index (κ1) is 12.0. The molecular formula is C11H13ClFNO. The smallest absolute Gasteiger partial charge is 0.165 e. The molecule has 0 amide bonds. The molecule has 0 fully saturated rings. The zero-order chi connectivity index (χ0) is 11.4. The van der Waals surface area contributed by atoms with Crippen LogP contribution < -0.4 is 10.5 Å². The third kappa shape index (κ3) is 3.53. The minimum absolute atomic E-state index is 0.0933. The molecule has 15 heavy (non-hydrogen) atoms. The second-order valence-corrected chi connectivity index (χ2v) is 3.82. The minimum atomic E-state index is -0.442. The van der Waals surface area contributed by atoms with Gasteiger partial charge in [0.15, 0.2) is 11.6 Å². The number of benzene rings is 1. The Morgan fingerprint density at radius 3 is 2.80 bits per heavy atom. The van der Waals surface area contributed by atoms with Crippen molar-refractivity contribution in [3.8, 4) is 5.75 Å². The maximum Gasteiger partial charge on any atom is 0.165 e. The third-order valence-corrected chi connectivity index (χ3v) is 1.98. The topological polar surface area (TPSA) is 35.2 Å². The number of rotatable bonds is 4. The number of halogens is 2. The van der Waals surface area contributed by atoms with E-state index in [4.69, 9.17) is 22.1 Å². The molecule has 1 rings (SSSR count). The Hall–Kier alpha value is -1.06. The quantitative estimate of drug-likeness (QED) is 0.862. The summed E-state index contributed by atoms with van der Waals surface area (Å²) in [5.74, 6) is -0.288. The number of ether oxygens (including phenoxy) is 1. The van der Waals surface area contributed by atoms with Crippen molar-refractivity contribution in [3.63, 3.8) is 0 Å². The average Bonchev–Trinajstić information content (AvgIpc) is 2.15. The van der Waals surface area contributed by atoms with Crippen molar-refractivity contribution >= 4 is 11.6 Å². The van der Waals surface area contributed by atoms with Crippen molar-refractivity contribution in [2.45, 2.75) is 13.0 Å². The molecule has 0 saturated heterocycles. The summed E-state index contributed by atoms with van der Waals surface area (Å²) in [5.41, 5.74) is 6.34.